The van der Waals surface area contributed by atoms with Gasteiger partial charge in [0.05, 0.1) is 24.7 Å². The van der Waals surface area contributed by atoms with Crippen LogP contribution in [-0.2, 0) is 0 Å². The van der Waals surface area contributed by atoms with E-state index in [1.54, 1.807) is 19.4 Å². The van der Waals surface area contributed by atoms with Gasteiger partial charge in [-0.3, -0.25) is 4.79 Å². The first-order chi connectivity index (χ1) is 13.2. The maximum absolute atomic E-state index is 12.8. The SMILES string of the molecule is COc1ccc(-c2nc3nccc(C(=O)NC4=C(C)C=CNC4)c3[nH]2)cc1. The highest BCUT2D eigenvalue weighted by molar-refractivity contribution is 6.05. The summed E-state index contributed by atoms with van der Waals surface area (Å²) in [5.74, 6) is 1.23. The third kappa shape index (κ3) is 3.27. The Bertz CT molecular complexity index is 1060. The molecule has 0 saturated carbocycles. The zero-order valence-corrected chi connectivity index (χ0v) is 15.0. The summed E-state index contributed by atoms with van der Waals surface area (Å²) < 4.78 is 5.19. The lowest BCUT2D eigenvalue weighted by Crippen LogP contribution is -2.31. The van der Waals surface area contributed by atoms with Crippen molar-refractivity contribution in [1.82, 2.24) is 25.6 Å². The van der Waals surface area contributed by atoms with Crippen LogP contribution < -0.4 is 15.4 Å². The fourth-order valence-corrected chi connectivity index (χ4v) is 2.92. The quantitative estimate of drug-likeness (QED) is 0.665. The van der Waals surface area contributed by atoms with Crippen LogP contribution in [0.5, 0.6) is 5.75 Å². The summed E-state index contributed by atoms with van der Waals surface area (Å²) in [5, 5.41) is 6.07. The van der Waals surface area contributed by atoms with Gasteiger partial charge in [0.15, 0.2) is 5.65 Å². The van der Waals surface area contributed by atoms with Gasteiger partial charge in [-0.15, -0.1) is 0 Å². The van der Waals surface area contributed by atoms with Crippen LogP contribution in [0.1, 0.15) is 17.3 Å². The number of nitrogens with one attached hydrogen (secondary N) is 3. The third-order valence-corrected chi connectivity index (χ3v) is 4.47. The van der Waals surface area contributed by atoms with Crippen LogP contribution in [0.4, 0.5) is 0 Å². The first-order valence-corrected chi connectivity index (χ1v) is 8.56. The first kappa shape index (κ1) is 16.8. The lowest BCUT2D eigenvalue weighted by Gasteiger charge is -2.16. The Morgan fingerprint density at radius 3 is 2.78 bits per heavy atom. The molecule has 0 aliphatic carbocycles. The minimum Gasteiger partial charge on any atom is -0.497 e. The number of nitrogens with zero attached hydrogens (tertiary/aromatic N) is 2. The third-order valence-electron chi connectivity index (χ3n) is 4.47. The molecule has 0 unspecified atom stereocenters. The van der Waals surface area contributed by atoms with Crippen LogP contribution in [0, 0.1) is 0 Å². The zero-order chi connectivity index (χ0) is 18.8. The van der Waals surface area contributed by atoms with Gasteiger partial charge in [-0.05, 0) is 55.1 Å². The van der Waals surface area contributed by atoms with Crippen molar-refractivity contribution in [3.63, 3.8) is 0 Å². The maximum Gasteiger partial charge on any atom is 0.257 e. The number of aromatic nitrogens is 3. The molecule has 0 atom stereocenters. The second kappa shape index (κ2) is 6.95. The fraction of sp³-hybridized carbons (Fsp3) is 0.150. The number of hydrogen-bond donors (Lipinski definition) is 3. The maximum atomic E-state index is 12.8. The summed E-state index contributed by atoms with van der Waals surface area (Å²) in [4.78, 5) is 24.8. The fourth-order valence-electron chi connectivity index (χ4n) is 2.92. The Labute approximate surface area is 156 Å². The molecule has 0 fully saturated rings. The number of aromatic amines is 1. The number of amides is 1. The molecule has 4 rings (SSSR count). The average Bonchev–Trinajstić information content (AvgIpc) is 3.14. The minimum atomic E-state index is -0.196. The molecule has 1 aromatic carbocycles. The number of hydrogen-bond acceptors (Lipinski definition) is 5. The second-order valence-electron chi connectivity index (χ2n) is 6.20. The molecule has 3 heterocycles. The number of dihydropyridines is 1. The first-order valence-electron chi connectivity index (χ1n) is 8.56. The van der Waals surface area contributed by atoms with Crippen LogP contribution in [-0.4, -0.2) is 34.5 Å². The van der Waals surface area contributed by atoms with E-state index in [2.05, 4.69) is 25.6 Å². The van der Waals surface area contributed by atoms with Crippen molar-refractivity contribution in [1.29, 1.82) is 0 Å². The van der Waals surface area contributed by atoms with Crippen molar-refractivity contribution < 1.29 is 9.53 Å². The molecule has 3 aromatic rings. The number of carbonyl (C=O) groups is 1. The monoisotopic (exact) mass is 361 g/mol. The van der Waals surface area contributed by atoms with E-state index in [4.69, 9.17) is 4.74 Å². The molecule has 7 nitrogen and oxygen atoms in total. The highest BCUT2D eigenvalue weighted by Crippen LogP contribution is 2.23. The van der Waals surface area contributed by atoms with Crippen LogP contribution in [0.3, 0.4) is 0 Å². The molecule has 7 heteroatoms. The summed E-state index contributed by atoms with van der Waals surface area (Å²) >= 11 is 0. The lowest BCUT2D eigenvalue weighted by atomic mass is 10.1. The Kier molecular flexibility index (Phi) is 4.33. The molecular formula is C20H19N5O2. The average molecular weight is 361 g/mol. The number of allylic oxidation sites excluding steroid dienone is 2. The summed E-state index contributed by atoms with van der Waals surface area (Å²) in [6.45, 7) is 2.55. The van der Waals surface area contributed by atoms with Crippen molar-refractivity contribution in [3.05, 3.63) is 65.6 Å². The molecule has 136 valence electrons. The van der Waals surface area contributed by atoms with Gasteiger partial charge >= 0.3 is 0 Å². The molecule has 3 N–H and O–H groups in total. The van der Waals surface area contributed by atoms with E-state index in [1.807, 2.05) is 43.5 Å². The number of fused-ring (bicyclic) bond motifs is 1. The Morgan fingerprint density at radius 1 is 1.22 bits per heavy atom. The van der Waals surface area contributed by atoms with Crippen LogP contribution >= 0.6 is 0 Å². The summed E-state index contributed by atoms with van der Waals surface area (Å²) in [7, 11) is 1.62. The van der Waals surface area contributed by atoms with Crippen LogP contribution in [0.15, 0.2) is 60.1 Å². The number of benzene rings is 1. The summed E-state index contributed by atoms with van der Waals surface area (Å²) in [6, 6.07) is 9.23. The van der Waals surface area contributed by atoms with E-state index >= 15 is 0 Å². The van der Waals surface area contributed by atoms with E-state index in [0.29, 0.717) is 29.1 Å². The van der Waals surface area contributed by atoms with E-state index in [1.165, 1.54) is 0 Å². The van der Waals surface area contributed by atoms with Gasteiger partial charge in [-0.2, -0.15) is 0 Å². The predicted molar refractivity (Wildman–Crippen MR) is 103 cm³/mol. The summed E-state index contributed by atoms with van der Waals surface area (Å²) in [6.07, 6.45) is 5.39. The van der Waals surface area contributed by atoms with Crippen LogP contribution in [0.2, 0.25) is 0 Å². The molecule has 1 aliphatic heterocycles. The smallest absolute Gasteiger partial charge is 0.257 e. The lowest BCUT2D eigenvalue weighted by molar-refractivity contribution is 0.0966. The number of carbonyl (C=O) groups excluding carboxylic acids is 1. The van der Waals surface area contributed by atoms with Crippen molar-refractivity contribution in [2.75, 3.05) is 13.7 Å². The van der Waals surface area contributed by atoms with E-state index < -0.39 is 0 Å². The molecule has 27 heavy (non-hydrogen) atoms. The number of imidazole rings is 1. The van der Waals surface area contributed by atoms with Crippen molar-refractivity contribution in [2.24, 2.45) is 0 Å². The van der Waals surface area contributed by atoms with Gasteiger partial charge in [0.25, 0.3) is 5.91 Å². The minimum absolute atomic E-state index is 0.196. The number of pyridine rings is 1. The molecular weight excluding hydrogens is 342 g/mol. The van der Waals surface area contributed by atoms with Gasteiger partial charge in [-0.25, -0.2) is 9.97 Å². The highest BCUT2D eigenvalue weighted by atomic mass is 16.5. The number of methoxy groups -OCH3 is 1. The highest BCUT2D eigenvalue weighted by Gasteiger charge is 2.17. The van der Waals surface area contributed by atoms with Gasteiger partial charge < -0.3 is 20.4 Å². The molecule has 0 spiro atoms. The normalized spacial score (nSPS) is 13.6. The number of rotatable bonds is 4. The topological polar surface area (TPSA) is 91.9 Å². The van der Waals surface area contributed by atoms with E-state index in [-0.39, 0.29) is 5.91 Å². The van der Waals surface area contributed by atoms with Crippen molar-refractivity contribution >= 4 is 17.1 Å². The van der Waals surface area contributed by atoms with Crippen molar-refractivity contribution in [3.8, 4) is 17.1 Å². The molecule has 1 aliphatic rings. The zero-order valence-electron chi connectivity index (χ0n) is 15.0. The summed E-state index contributed by atoms with van der Waals surface area (Å²) in [5.41, 5.74) is 4.37. The molecule has 0 radical (unpaired) electrons. The Balaban J connectivity index is 1.68. The Morgan fingerprint density at radius 2 is 2.04 bits per heavy atom. The molecule has 0 saturated heterocycles. The largest absolute Gasteiger partial charge is 0.497 e. The standard InChI is InChI=1S/C20H19N5O2/c1-12-7-9-21-11-16(12)23-20(26)15-8-10-22-19-17(15)24-18(25-19)13-3-5-14(27-2)6-4-13/h3-10,21H,11H2,1-2H3,(H,23,26)(H,22,24,25). The predicted octanol–water partition coefficient (Wildman–Crippen LogP) is 2.75. The number of H-pyrrole nitrogens is 1. The van der Waals surface area contributed by atoms with Gasteiger partial charge in [-0.1, -0.05) is 0 Å². The van der Waals surface area contributed by atoms with Gasteiger partial charge in [0.2, 0.25) is 0 Å². The molecule has 2 aromatic heterocycles. The number of ether oxygens (including phenoxy) is 1. The van der Waals surface area contributed by atoms with E-state index in [0.717, 1.165) is 22.6 Å². The Hall–Kier alpha value is -3.61. The van der Waals surface area contributed by atoms with Gasteiger partial charge in [0, 0.05) is 17.5 Å². The second-order valence-corrected chi connectivity index (χ2v) is 6.20. The molecule has 1 amide bonds. The van der Waals surface area contributed by atoms with E-state index in [9.17, 15) is 4.79 Å². The van der Waals surface area contributed by atoms with Crippen LogP contribution in [0.25, 0.3) is 22.6 Å². The molecule has 0 bridgehead atoms. The van der Waals surface area contributed by atoms with Gasteiger partial charge in [0.1, 0.15) is 11.6 Å². The van der Waals surface area contributed by atoms with Crippen molar-refractivity contribution in [2.45, 2.75) is 6.92 Å².